The van der Waals surface area contributed by atoms with Crippen molar-refractivity contribution < 1.29 is 0 Å². The number of aliphatic imine (C=N–C) groups is 1. The van der Waals surface area contributed by atoms with Crippen LogP contribution in [0.1, 0.15) is 51.3 Å². The number of allylic oxidation sites excluding steroid dienone is 6. The van der Waals surface area contributed by atoms with Gasteiger partial charge in [0.2, 0.25) is 11.9 Å². The minimum Gasteiger partial charge on any atom is -0.338 e. The Balaban J connectivity index is 1.58. The van der Waals surface area contributed by atoms with Crippen molar-refractivity contribution >= 4 is 23.8 Å². The summed E-state index contributed by atoms with van der Waals surface area (Å²) in [6.07, 6.45) is 21.8. The standard InChI is InChI=1S/C26H37N7/c1-3-9-22-12-8-15-27-24(20-22)29-25-28-23(14-13-21-10-6-4-5-7-11-21)30-26(31-25)33-18-16-32(2)17-19-33/h4-6,10,13-14,20-21H,3,7-9,11-12,15-19H2,1-2H3,(H,27,28,29,30,31). The topological polar surface area (TPSA) is 69.5 Å². The number of nitrogens with one attached hydrogen (secondary N) is 1. The number of amidine groups is 1. The average Bonchev–Trinajstić information content (AvgIpc) is 3.21. The molecule has 4 rings (SSSR count). The van der Waals surface area contributed by atoms with Crippen LogP contribution < -0.4 is 10.2 Å². The normalized spacial score (nSPS) is 22.1. The SMILES string of the molecule is CCCC1=CC(Nc2nc(C=CC3C=CC=CCC3)nc(N3CCN(C)CC3)n2)=NCCC1. The molecule has 2 aliphatic heterocycles. The fourth-order valence-electron chi connectivity index (χ4n) is 4.32. The number of hydrogen-bond acceptors (Lipinski definition) is 7. The Bertz CT molecular complexity index is 932. The van der Waals surface area contributed by atoms with Crippen LogP contribution >= 0.6 is 0 Å². The third kappa shape index (κ3) is 7.09. The first-order valence-electron chi connectivity index (χ1n) is 12.4. The molecule has 1 fully saturated rings. The van der Waals surface area contributed by atoms with Gasteiger partial charge in [-0.05, 0) is 57.2 Å². The number of likely N-dealkylation sites (N-methyl/N-ethyl adjacent to an activating group) is 1. The molecule has 1 aromatic heterocycles. The predicted octanol–water partition coefficient (Wildman–Crippen LogP) is 4.49. The lowest BCUT2D eigenvalue weighted by atomic mass is 10.0. The van der Waals surface area contributed by atoms with E-state index >= 15 is 0 Å². The number of aromatic nitrogens is 3. The minimum atomic E-state index is 0.394. The van der Waals surface area contributed by atoms with Crippen LogP contribution in [0.25, 0.3) is 6.08 Å². The zero-order valence-corrected chi connectivity index (χ0v) is 20.1. The highest BCUT2D eigenvalue weighted by molar-refractivity contribution is 6.03. The second kappa shape index (κ2) is 11.9. The number of anilines is 2. The summed E-state index contributed by atoms with van der Waals surface area (Å²) in [5.41, 5.74) is 1.45. The predicted molar refractivity (Wildman–Crippen MR) is 138 cm³/mol. The van der Waals surface area contributed by atoms with E-state index in [1.165, 1.54) is 5.57 Å². The highest BCUT2D eigenvalue weighted by atomic mass is 15.3. The van der Waals surface area contributed by atoms with Crippen molar-refractivity contribution in [2.24, 2.45) is 10.9 Å². The van der Waals surface area contributed by atoms with Gasteiger partial charge in [0.25, 0.3) is 0 Å². The number of hydrogen-bond donors (Lipinski definition) is 1. The molecule has 1 N–H and O–H groups in total. The van der Waals surface area contributed by atoms with Gasteiger partial charge in [-0.2, -0.15) is 15.0 Å². The first-order valence-corrected chi connectivity index (χ1v) is 12.4. The maximum Gasteiger partial charge on any atom is 0.233 e. The fraction of sp³-hybridized carbons (Fsp3) is 0.538. The van der Waals surface area contributed by atoms with E-state index in [1.54, 1.807) is 0 Å². The van der Waals surface area contributed by atoms with Crippen LogP contribution in [0.5, 0.6) is 0 Å². The molecule has 1 aromatic rings. The zero-order chi connectivity index (χ0) is 22.9. The Morgan fingerprint density at radius 3 is 2.85 bits per heavy atom. The molecule has 1 unspecified atom stereocenters. The Kier molecular flexibility index (Phi) is 8.41. The van der Waals surface area contributed by atoms with Crippen LogP contribution in [0.15, 0.2) is 47.0 Å². The number of rotatable bonds is 6. The molecule has 0 radical (unpaired) electrons. The summed E-state index contributed by atoms with van der Waals surface area (Å²) in [6, 6.07) is 0. The molecule has 1 saturated heterocycles. The van der Waals surface area contributed by atoms with Gasteiger partial charge in [-0.3, -0.25) is 4.99 Å². The molecule has 0 amide bonds. The van der Waals surface area contributed by atoms with Crippen molar-refractivity contribution in [3.8, 4) is 0 Å². The molecule has 7 heteroatoms. The Morgan fingerprint density at radius 1 is 1.12 bits per heavy atom. The van der Waals surface area contributed by atoms with E-state index in [0.717, 1.165) is 83.0 Å². The molecule has 1 atom stereocenters. The van der Waals surface area contributed by atoms with Gasteiger partial charge in [0.1, 0.15) is 5.84 Å². The molecular formula is C26H37N7. The molecular weight excluding hydrogens is 410 g/mol. The smallest absolute Gasteiger partial charge is 0.233 e. The molecule has 0 spiro atoms. The summed E-state index contributed by atoms with van der Waals surface area (Å²) in [4.78, 5) is 23.7. The second-order valence-electron chi connectivity index (χ2n) is 9.07. The van der Waals surface area contributed by atoms with Gasteiger partial charge in [-0.15, -0.1) is 0 Å². The molecule has 3 aliphatic rings. The van der Waals surface area contributed by atoms with Gasteiger partial charge < -0.3 is 15.1 Å². The summed E-state index contributed by atoms with van der Waals surface area (Å²) in [5, 5.41) is 3.40. The molecule has 176 valence electrons. The number of piperazine rings is 1. The lowest BCUT2D eigenvalue weighted by Gasteiger charge is -2.32. The van der Waals surface area contributed by atoms with Crippen LogP contribution in [0.2, 0.25) is 0 Å². The summed E-state index contributed by atoms with van der Waals surface area (Å²) >= 11 is 0. The quantitative estimate of drug-likeness (QED) is 0.693. The van der Waals surface area contributed by atoms with Gasteiger partial charge in [0, 0.05) is 32.7 Å². The highest BCUT2D eigenvalue weighted by Gasteiger charge is 2.19. The summed E-state index contributed by atoms with van der Waals surface area (Å²) in [7, 11) is 2.16. The maximum absolute atomic E-state index is 4.81. The van der Waals surface area contributed by atoms with E-state index < -0.39 is 0 Å². The van der Waals surface area contributed by atoms with Gasteiger partial charge in [0.05, 0.1) is 0 Å². The highest BCUT2D eigenvalue weighted by Crippen LogP contribution is 2.19. The van der Waals surface area contributed by atoms with E-state index in [1.807, 2.05) is 6.08 Å². The van der Waals surface area contributed by atoms with Crippen molar-refractivity contribution in [1.29, 1.82) is 0 Å². The average molecular weight is 448 g/mol. The zero-order valence-electron chi connectivity index (χ0n) is 20.1. The second-order valence-corrected chi connectivity index (χ2v) is 9.07. The third-order valence-electron chi connectivity index (χ3n) is 6.28. The largest absolute Gasteiger partial charge is 0.338 e. The Hall–Kier alpha value is -2.80. The Morgan fingerprint density at radius 2 is 2.00 bits per heavy atom. The van der Waals surface area contributed by atoms with Gasteiger partial charge in [-0.25, -0.2) is 0 Å². The minimum absolute atomic E-state index is 0.394. The monoisotopic (exact) mass is 447 g/mol. The first kappa shape index (κ1) is 23.4. The van der Waals surface area contributed by atoms with Crippen molar-refractivity contribution in [2.75, 3.05) is 50.0 Å². The molecule has 1 aliphatic carbocycles. The van der Waals surface area contributed by atoms with Crippen molar-refractivity contribution in [3.05, 3.63) is 47.9 Å². The summed E-state index contributed by atoms with van der Waals surface area (Å²) in [6.45, 7) is 6.91. The maximum atomic E-state index is 4.81. The van der Waals surface area contributed by atoms with E-state index in [4.69, 9.17) is 19.9 Å². The van der Waals surface area contributed by atoms with Crippen molar-refractivity contribution in [3.63, 3.8) is 0 Å². The van der Waals surface area contributed by atoms with E-state index in [9.17, 15) is 0 Å². The lowest BCUT2D eigenvalue weighted by Crippen LogP contribution is -2.45. The van der Waals surface area contributed by atoms with Crippen LogP contribution in [-0.2, 0) is 0 Å². The molecule has 7 nitrogen and oxygen atoms in total. The molecule has 0 saturated carbocycles. The van der Waals surface area contributed by atoms with Crippen LogP contribution in [0.3, 0.4) is 0 Å². The van der Waals surface area contributed by atoms with E-state index in [-0.39, 0.29) is 0 Å². The first-order chi connectivity index (χ1) is 16.2. The molecule has 0 aromatic carbocycles. The lowest BCUT2D eigenvalue weighted by molar-refractivity contribution is 0.311. The summed E-state index contributed by atoms with van der Waals surface area (Å²) in [5.74, 6) is 3.26. The summed E-state index contributed by atoms with van der Waals surface area (Å²) < 4.78 is 0. The molecule has 3 heterocycles. The van der Waals surface area contributed by atoms with Gasteiger partial charge in [0.15, 0.2) is 5.82 Å². The van der Waals surface area contributed by atoms with Crippen LogP contribution in [-0.4, -0.2) is 65.5 Å². The molecule has 33 heavy (non-hydrogen) atoms. The van der Waals surface area contributed by atoms with Gasteiger partial charge in [-0.1, -0.05) is 49.3 Å². The third-order valence-corrected chi connectivity index (χ3v) is 6.28. The van der Waals surface area contributed by atoms with Crippen LogP contribution in [0.4, 0.5) is 11.9 Å². The van der Waals surface area contributed by atoms with Crippen molar-refractivity contribution in [2.45, 2.75) is 45.4 Å². The Labute approximate surface area is 198 Å². The van der Waals surface area contributed by atoms with Crippen LogP contribution in [0, 0.1) is 5.92 Å². The number of nitrogens with zero attached hydrogens (tertiary/aromatic N) is 6. The molecule has 0 bridgehead atoms. The van der Waals surface area contributed by atoms with Crippen molar-refractivity contribution in [1.82, 2.24) is 19.9 Å². The fourth-order valence-corrected chi connectivity index (χ4v) is 4.32. The van der Waals surface area contributed by atoms with E-state index in [2.05, 4.69) is 65.5 Å². The van der Waals surface area contributed by atoms with E-state index in [0.29, 0.717) is 17.7 Å². The van der Waals surface area contributed by atoms with Gasteiger partial charge >= 0.3 is 0 Å².